The average molecular weight is 409 g/mol. The number of carbonyl (C=O) groups is 1. The zero-order chi connectivity index (χ0) is 21.5. The Morgan fingerprint density at radius 1 is 1.10 bits per heavy atom. The van der Waals surface area contributed by atoms with Crippen molar-refractivity contribution >= 4 is 11.4 Å². The molecule has 1 aromatic carbocycles. The van der Waals surface area contributed by atoms with E-state index < -0.39 is 0 Å². The zero-order valence-electron chi connectivity index (χ0n) is 18.9. The fourth-order valence-electron chi connectivity index (χ4n) is 4.18. The predicted octanol–water partition coefficient (Wildman–Crippen LogP) is 4.23. The minimum atomic E-state index is 0.308. The van der Waals surface area contributed by atoms with Crippen molar-refractivity contribution in [1.29, 1.82) is 0 Å². The fourth-order valence-corrected chi connectivity index (χ4v) is 4.18. The van der Waals surface area contributed by atoms with Crippen molar-refractivity contribution < 1.29 is 9.53 Å². The van der Waals surface area contributed by atoms with Gasteiger partial charge in [-0.3, -0.25) is 4.79 Å². The second-order valence-corrected chi connectivity index (χ2v) is 8.97. The summed E-state index contributed by atoms with van der Waals surface area (Å²) < 4.78 is 6.20. The van der Waals surface area contributed by atoms with Crippen LogP contribution in [-0.4, -0.2) is 63.5 Å². The SMILES string of the molecule is CN(C)CC/C=C1\c2cc(CC(=O)CCCN(C)C)ccc2OCC2C=CC=CC12. The van der Waals surface area contributed by atoms with E-state index in [0.717, 1.165) is 42.8 Å². The Balaban J connectivity index is 1.83. The van der Waals surface area contributed by atoms with E-state index in [-0.39, 0.29) is 0 Å². The molecule has 1 aliphatic heterocycles. The number of ether oxygens (including phenoxy) is 1. The molecule has 1 aliphatic carbocycles. The lowest BCUT2D eigenvalue weighted by atomic mass is 9.80. The number of hydrogen-bond donors (Lipinski definition) is 0. The molecule has 0 N–H and O–H groups in total. The first-order valence-corrected chi connectivity index (χ1v) is 11.1. The summed E-state index contributed by atoms with van der Waals surface area (Å²) in [6.45, 7) is 2.65. The van der Waals surface area contributed by atoms with Crippen LogP contribution < -0.4 is 4.74 Å². The highest BCUT2D eigenvalue weighted by Gasteiger charge is 2.29. The first-order valence-electron chi connectivity index (χ1n) is 11.1. The Kier molecular flexibility index (Phi) is 8.06. The van der Waals surface area contributed by atoms with E-state index in [2.05, 4.69) is 72.5 Å². The van der Waals surface area contributed by atoms with E-state index in [4.69, 9.17) is 4.74 Å². The minimum absolute atomic E-state index is 0.308. The third-order valence-corrected chi connectivity index (χ3v) is 5.80. The lowest BCUT2D eigenvalue weighted by Gasteiger charge is -2.23. The Labute approximate surface area is 181 Å². The molecule has 0 fully saturated rings. The topological polar surface area (TPSA) is 32.8 Å². The fraction of sp³-hybridized carbons (Fsp3) is 0.500. The normalized spacial score (nSPS) is 21.5. The zero-order valence-corrected chi connectivity index (χ0v) is 18.9. The lowest BCUT2D eigenvalue weighted by molar-refractivity contribution is -0.118. The summed E-state index contributed by atoms with van der Waals surface area (Å²) in [6, 6.07) is 6.30. The van der Waals surface area contributed by atoms with E-state index in [0.29, 0.717) is 37.1 Å². The maximum Gasteiger partial charge on any atom is 0.137 e. The van der Waals surface area contributed by atoms with Crippen molar-refractivity contribution in [3.63, 3.8) is 0 Å². The molecule has 1 aromatic rings. The summed E-state index contributed by atoms with van der Waals surface area (Å²) >= 11 is 0. The van der Waals surface area contributed by atoms with Crippen LogP contribution in [0.3, 0.4) is 0 Å². The summed E-state index contributed by atoms with van der Waals surface area (Å²) in [7, 11) is 8.30. The molecule has 1 heterocycles. The second kappa shape index (κ2) is 10.7. The molecule has 162 valence electrons. The molecule has 30 heavy (non-hydrogen) atoms. The van der Waals surface area contributed by atoms with Crippen molar-refractivity contribution in [2.45, 2.75) is 25.7 Å². The highest BCUT2D eigenvalue weighted by atomic mass is 16.5. The Morgan fingerprint density at radius 2 is 1.87 bits per heavy atom. The number of Topliss-reactive ketones (excluding diaryl/α,β-unsaturated/α-hetero) is 1. The first kappa shape index (κ1) is 22.5. The van der Waals surface area contributed by atoms with Gasteiger partial charge >= 0.3 is 0 Å². The number of benzene rings is 1. The molecule has 0 amide bonds. The number of allylic oxidation sites excluding steroid dienone is 4. The van der Waals surface area contributed by atoms with Gasteiger partial charge in [0.25, 0.3) is 0 Å². The smallest absolute Gasteiger partial charge is 0.137 e. The van der Waals surface area contributed by atoms with Crippen molar-refractivity contribution in [1.82, 2.24) is 9.80 Å². The highest BCUT2D eigenvalue weighted by molar-refractivity contribution is 5.82. The molecule has 0 spiro atoms. The number of carbonyl (C=O) groups excluding carboxylic acids is 1. The van der Waals surface area contributed by atoms with Gasteiger partial charge in [0.15, 0.2) is 0 Å². The van der Waals surface area contributed by atoms with Crippen LogP contribution in [0.2, 0.25) is 0 Å². The number of hydrogen-bond acceptors (Lipinski definition) is 4. The van der Waals surface area contributed by atoms with Gasteiger partial charge in [0, 0.05) is 36.8 Å². The van der Waals surface area contributed by atoms with Gasteiger partial charge in [-0.25, -0.2) is 0 Å². The molecule has 0 saturated heterocycles. The third kappa shape index (κ3) is 6.16. The summed E-state index contributed by atoms with van der Waals surface area (Å²) in [6.07, 6.45) is 14.2. The van der Waals surface area contributed by atoms with Crippen LogP contribution in [0.5, 0.6) is 5.75 Å². The van der Waals surface area contributed by atoms with Crippen LogP contribution in [0.1, 0.15) is 30.4 Å². The molecular weight excluding hydrogens is 372 g/mol. The molecule has 0 saturated carbocycles. The van der Waals surface area contributed by atoms with E-state index in [1.807, 2.05) is 14.1 Å². The number of ketones is 1. The lowest BCUT2D eigenvalue weighted by Crippen LogP contribution is -2.18. The van der Waals surface area contributed by atoms with Crippen LogP contribution in [0.4, 0.5) is 0 Å². The molecule has 4 nitrogen and oxygen atoms in total. The molecular formula is C26H36N2O2. The van der Waals surface area contributed by atoms with Gasteiger partial charge in [0.1, 0.15) is 11.5 Å². The number of nitrogens with zero attached hydrogens (tertiary/aromatic N) is 2. The quantitative estimate of drug-likeness (QED) is 0.612. The van der Waals surface area contributed by atoms with Gasteiger partial charge in [0.05, 0.1) is 6.61 Å². The monoisotopic (exact) mass is 408 g/mol. The Morgan fingerprint density at radius 3 is 2.63 bits per heavy atom. The first-order chi connectivity index (χ1) is 14.4. The largest absolute Gasteiger partial charge is 0.492 e. The third-order valence-electron chi connectivity index (χ3n) is 5.80. The molecule has 4 heteroatoms. The van der Waals surface area contributed by atoms with E-state index in [1.54, 1.807) is 0 Å². The van der Waals surface area contributed by atoms with Gasteiger partial charge in [-0.1, -0.05) is 36.4 Å². The number of rotatable bonds is 9. The van der Waals surface area contributed by atoms with E-state index in [1.165, 1.54) is 5.57 Å². The molecule has 0 aromatic heterocycles. The van der Waals surface area contributed by atoms with Gasteiger partial charge in [-0.05, 0) is 70.8 Å². The van der Waals surface area contributed by atoms with E-state index >= 15 is 0 Å². The molecule has 2 atom stereocenters. The van der Waals surface area contributed by atoms with Crippen LogP contribution in [0, 0.1) is 11.8 Å². The van der Waals surface area contributed by atoms with Crippen molar-refractivity contribution in [2.24, 2.45) is 11.8 Å². The van der Waals surface area contributed by atoms with Gasteiger partial charge in [-0.15, -0.1) is 0 Å². The molecule has 2 unspecified atom stereocenters. The standard InChI is InChI=1S/C26H36N2O2/c1-27(2)15-7-10-22(29)17-20-13-14-26-25(18-20)24(12-8-16-28(3)4)23-11-6-5-9-21(23)19-30-26/h5-6,9,11-14,18,21,23H,7-8,10,15-17,19H2,1-4H3/b24-12-. The van der Waals surface area contributed by atoms with Crippen LogP contribution in [0.25, 0.3) is 5.57 Å². The van der Waals surface area contributed by atoms with Gasteiger partial charge in [-0.2, -0.15) is 0 Å². The molecule has 3 rings (SSSR count). The maximum atomic E-state index is 12.5. The Hall–Kier alpha value is -2.17. The van der Waals surface area contributed by atoms with Crippen LogP contribution in [-0.2, 0) is 11.2 Å². The summed E-state index contributed by atoms with van der Waals surface area (Å²) in [5, 5.41) is 0. The van der Waals surface area contributed by atoms with Gasteiger partial charge in [0.2, 0.25) is 0 Å². The van der Waals surface area contributed by atoms with Crippen molar-refractivity contribution in [2.75, 3.05) is 47.9 Å². The summed E-state index contributed by atoms with van der Waals surface area (Å²) in [5.41, 5.74) is 3.57. The van der Waals surface area contributed by atoms with Crippen LogP contribution >= 0.6 is 0 Å². The highest BCUT2D eigenvalue weighted by Crippen LogP contribution is 2.41. The number of fused-ring (bicyclic) bond motifs is 2. The van der Waals surface area contributed by atoms with Crippen molar-refractivity contribution in [3.8, 4) is 5.75 Å². The Bertz CT molecular complexity index is 820. The summed E-state index contributed by atoms with van der Waals surface area (Å²) in [4.78, 5) is 16.8. The minimum Gasteiger partial charge on any atom is -0.492 e. The second-order valence-electron chi connectivity index (χ2n) is 8.97. The van der Waals surface area contributed by atoms with Gasteiger partial charge < -0.3 is 14.5 Å². The average Bonchev–Trinajstić information content (AvgIpc) is 2.85. The maximum absolute atomic E-state index is 12.5. The predicted molar refractivity (Wildman–Crippen MR) is 125 cm³/mol. The van der Waals surface area contributed by atoms with Crippen molar-refractivity contribution in [3.05, 3.63) is 59.7 Å². The van der Waals surface area contributed by atoms with Crippen LogP contribution in [0.15, 0.2) is 48.6 Å². The summed E-state index contributed by atoms with van der Waals surface area (Å²) in [5.74, 6) is 1.92. The van der Waals surface area contributed by atoms with E-state index in [9.17, 15) is 4.79 Å². The molecule has 0 bridgehead atoms. The molecule has 0 radical (unpaired) electrons. The molecule has 2 aliphatic rings.